The molecular weight excluding hydrogens is 242 g/mol. The number of nitrogens with zero attached hydrogens (tertiary/aromatic N) is 1. The SMILES string of the molecule is COc1cccc2nc(C(=O)OC(C)(C)C)ccc12. The number of carbonyl (C=O) groups is 1. The van der Waals surface area contributed by atoms with Gasteiger partial charge < -0.3 is 9.47 Å². The average Bonchev–Trinajstić information content (AvgIpc) is 2.35. The third-order valence-electron chi connectivity index (χ3n) is 2.52. The summed E-state index contributed by atoms with van der Waals surface area (Å²) in [5.41, 5.74) is 0.487. The molecule has 0 aliphatic heterocycles. The van der Waals surface area contributed by atoms with E-state index in [1.807, 2.05) is 45.0 Å². The first kappa shape index (κ1) is 13.3. The molecule has 2 rings (SSSR count). The topological polar surface area (TPSA) is 48.4 Å². The smallest absolute Gasteiger partial charge is 0.357 e. The van der Waals surface area contributed by atoms with Crippen LogP contribution in [0.2, 0.25) is 0 Å². The first-order valence-corrected chi connectivity index (χ1v) is 6.08. The van der Waals surface area contributed by atoms with Crippen molar-refractivity contribution in [3.63, 3.8) is 0 Å². The van der Waals surface area contributed by atoms with E-state index < -0.39 is 11.6 Å². The highest BCUT2D eigenvalue weighted by Gasteiger charge is 2.19. The molecule has 0 saturated heterocycles. The molecule has 0 fully saturated rings. The summed E-state index contributed by atoms with van der Waals surface area (Å²) >= 11 is 0. The Morgan fingerprint density at radius 3 is 2.53 bits per heavy atom. The van der Waals surface area contributed by atoms with Crippen LogP contribution in [0.5, 0.6) is 5.75 Å². The zero-order chi connectivity index (χ0) is 14.0. The largest absolute Gasteiger partial charge is 0.496 e. The van der Waals surface area contributed by atoms with Crippen LogP contribution in [-0.2, 0) is 4.74 Å². The number of carbonyl (C=O) groups excluding carboxylic acids is 1. The van der Waals surface area contributed by atoms with Crippen molar-refractivity contribution in [3.05, 3.63) is 36.0 Å². The summed E-state index contributed by atoms with van der Waals surface area (Å²) in [7, 11) is 1.61. The summed E-state index contributed by atoms with van der Waals surface area (Å²) in [4.78, 5) is 16.3. The molecule has 19 heavy (non-hydrogen) atoms. The molecule has 0 amide bonds. The van der Waals surface area contributed by atoms with Crippen molar-refractivity contribution in [1.29, 1.82) is 0 Å². The molecule has 0 aliphatic carbocycles. The number of pyridine rings is 1. The molecule has 0 spiro atoms. The predicted octanol–water partition coefficient (Wildman–Crippen LogP) is 3.20. The lowest BCUT2D eigenvalue weighted by Crippen LogP contribution is -2.24. The Morgan fingerprint density at radius 1 is 1.16 bits per heavy atom. The van der Waals surface area contributed by atoms with Gasteiger partial charge in [-0.15, -0.1) is 0 Å². The van der Waals surface area contributed by atoms with E-state index in [-0.39, 0.29) is 0 Å². The minimum absolute atomic E-state index is 0.302. The van der Waals surface area contributed by atoms with Gasteiger partial charge in [-0.1, -0.05) is 6.07 Å². The Balaban J connectivity index is 2.40. The summed E-state index contributed by atoms with van der Waals surface area (Å²) < 4.78 is 10.5. The first-order chi connectivity index (χ1) is 8.90. The molecule has 0 N–H and O–H groups in total. The standard InChI is InChI=1S/C15H17NO3/c1-15(2,3)19-14(17)12-9-8-10-11(16-12)6-5-7-13(10)18-4/h5-9H,1-4H3. The lowest BCUT2D eigenvalue weighted by atomic mass is 10.1. The highest BCUT2D eigenvalue weighted by Crippen LogP contribution is 2.24. The zero-order valence-electron chi connectivity index (χ0n) is 11.6. The Morgan fingerprint density at radius 2 is 1.89 bits per heavy atom. The quantitative estimate of drug-likeness (QED) is 0.777. The molecule has 0 atom stereocenters. The number of esters is 1. The van der Waals surface area contributed by atoms with Gasteiger partial charge in [0.05, 0.1) is 12.6 Å². The third-order valence-corrected chi connectivity index (χ3v) is 2.52. The van der Waals surface area contributed by atoms with Gasteiger partial charge in [0.25, 0.3) is 0 Å². The van der Waals surface area contributed by atoms with E-state index in [1.54, 1.807) is 13.2 Å². The summed E-state index contributed by atoms with van der Waals surface area (Å²) in [5, 5.41) is 0.873. The molecule has 0 aliphatic rings. The van der Waals surface area contributed by atoms with Gasteiger partial charge in [0.2, 0.25) is 0 Å². The molecule has 0 unspecified atom stereocenters. The monoisotopic (exact) mass is 259 g/mol. The van der Waals surface area contributed by atoms with Gasteiger partial charge in [-0.3, -0.25) is 0 Å². The second-order valence-corrected chi connectivity index (χ2v) is 5.23. The lowest BCUT2D eigenvalue weighted by molar-refractivity contribution is 0.00633. The van der Waals surface area contributed by atoms with E-state index in [9.17, 15) is 4.79 Å². The van der Waals surface area contributed by atoms with Crippen LogP contribution in [0.3, 0.4) is 0 Å². The zero-order valence-corrected chi connectivity index (χ0v) is 11.6. The summed E-state index contributed by atoms with van der Waals surface area (Å²) in [6.45, 7) is 5.49. The van der Waals surface area contributed by atoms with Gasteiger partial charge in [-0.05, 0) is 45.0 Å². The number of fused-ring (bicyclic) bond motifs is 1. The van der Waals surface area contributed by atoms with Gasteiger partial charge in [0.15, 0.2) is 0 Å². The molecule has 2 aromatic rings. The van der Waals surface area contributed by atoms with Crippen molar-refractivity contribution in [2.24, 2.45) is 0 Å². The molecular formula is C15H17NO3. The van der Waals surface area contributed by atoms with Crippen LogP contribution < -0.4 is 4.74 Å². The van der Waals surface area contributed by atoms with E-state index in [2.05, 4.69) is 4.98 Å². The predicted molar refractivity (Wildman–Crippen MR) is 73.5 cm³/mol. The van der Waals surface area contributed by atoms with Gasteiger partial charge in [-0.25, -0.2) is 9.78 Å². The number of benzene rings is 1. The van der Waals surface area contributed by atoms with Crippen LogP contribution in [0.25, 0.3) is 10.9 Å². The summed E-state index contributed by atoms with van der Waals surface area (Å²) in [6, 6.07) is 9.01. The van der Waals surface area contributed by atoms with E-state index >= 15 is 0 Å². The van der Waals surface area contributed by atoms with E-state index in [1.165, 1.54) is 0 Å². The Hall–Kier alpha value is -2.10. The van der Waals surface area contributed by atoms with Crippen LogP contribution in [0.4, 0.5) is 0 Å². The van der Waals surface area contributed by atoms with E-state index in [0.717, 1.165) is 11.1 Å². The Kier molecular flexibility index (Phi) is 3.42. The number of aromatic nitrogens is 1. The third kappa shape index (κ3) is 3.02. The lowest BCUT2D eigenvalue weighted by Gasteiger charge is -2.19. The van der Waals surface area contributed by atoms with Crippen molar-refractivity contribution in [1.82, 2.24) is 4.98 Å². The van der Waals surface area contributed by atoms with Crippen molar-refractivity contribution >= 4 is 16.9 Å². The van der Waals surface area contributed by atoms with Gasteiger partial charge in [0.1, 0.15) is 17.0 Å². The van der Waals surface area contributed by atoms with Gasteiger partial charge in [0, 0.05) is 5.39 Å². The maximum atomic E-state index is 11.9. The second kappa shape index (κ2) is 4.88. The number of ether oxygens (including phenoxy) is 2. The molecule has 4 nitrogen and oxygen atoms in total. The fourth-order valence-electron chi connectivity index (χ4n) is 1.75. The molecule has 4 heteroatoms. The van der Waals surface area contributed by atoms with Gasteiger partial charge in [-0.2, -0.15) is 0 Å². The van der Waals surface area contributed by atoms with Gasteiger partial charge >= 0.3 is 5.97 Å². The van der Waals surface area contributed by atoms with Crippen molar-refractivity contribution < 1.29 is 14.3 Å². The fraction of sp³-hybridized carbons (Fsp3) is 0.333. The van der Waals surface area contributed by atoms with Crippen LogP contribution >= 0.6 is 0 Å². The number of methoxy groups -OCH3 is 1. The molecule has 0 radical (unpaired) electrons. The highest BCUT2D eigenvalue weighted by molar-refractivity contribution is 5.93. The molecule has 1 aromatic heterocycles. The average molecular weight is 259 g/mol. The van der Waals surface area contributed by atoms with E-state index in [4.69, 9.17) is 9.47 Å². The Bertz CT molecular complexity index is 614. The minimum Gasteiger partial charge on any atom is -0.496 e. The molecule has 1 heterocycles. The van der Waals surface area contributed by atoms with Crippen molar-refractivity contribution in [2.75, 3.05) is 7.11 Å². The summed E-state index contributed by atoms with van der Waals surface area (Å²) in [6.07, 6.45) is 0. The summed E-state index contributed by atoms with van der Waals surface area (Å²) in [5.74, 6) is 0.318. The van der Waals surface area contributed by atoms with Crippen LogP contribution in [0.15, 0.2) is 30.3 Å². The second-order valence-electron chi connectivity index (χ2n) is 5.23. The van der Waals surface area contributed by atoms with Crippen LogP contribution in [0.1, 0.15) is 31.3 Å². The number of hydrogen-bond donors (Lipinski definition) is 0. The number of hydrogen-bond acceptors (Lipinski definition) is 4. The first-order valence-electron chi connectivity index (χ1n) is 6.08. The van der Waals surface area contributed by atoms with Crippen LogP contribution in [0, 0.1) is 0 Å². The molecule has 100 valence electrons. The molecule has 1 aromatic carbocycles. The fourth-order valence-corrected chi connectivity index (χ4v) is 1.75. The molecule has 0 saturated carbocycles. The van der Waals surface area contributed by atoms with Crippen LogP contribution in [-0.4, -0.2) is 23.7 Å². The normalized spacial score (nSPS) is 11.4. The van der Waals surface area contributed by atoms with Crippen molar-refractivity contribution in [3.8, 4) is 5.75 Å². The van der Waals surface area contributed by atoms with Crippen molar-refractivity contribution in [2.45, 2.75) is 26.4 Å². The highest BCUT2D eigenvalue weighted by atomic mass is 16.6. The number of rotatable bonds is 2. The minimum atomic E-state index is -0.526. The molecule has 0 bridgehead atoms. The maximum Gasteiger partial charge on any atom is 0.357 e. The van der Waals surface area contributed by atoms with E-state index in [0.29, 0.717) is 11.2 Å². The maximum absolute atomic E-state index is 11.9. The Labute approximate surface area is 112 Å².